The minimum atomic E-state index is -0.222. The first kappa shape index (κ1) is 16.9. The summed E-state index contributed by atoms with van der Waals surface area (Å²) in [6.07, 6.45) is 2.07. The van der Waals surface area contributed by atoms with Crippen molar-refractivity contribution in [1.82, 2.24) is 14.9 Å². The SMILES string of the molecule is CCN(CC)C(=O)c1ccnc(NCCc2ccccc2F)n1. The molecule has 0 saturated carbocycles. The zero-order chi connectivity index (χ0) is 16.7. The van der Waals surface area contributed by atoms with Crippen molar-refractivity contribution in [2.45, 2.75) is 20.3 Å². The van der Waals surface area contributed by atoms with Crippen molar-refractivity contribution in [3.8, 4) is 0 Å². The Morgan fingerprint density at radius 1 is 1.22 bits per heavy atom. The van der Waals surface area contributed by atoms with Gasteiger partial charge in [0, 0.05) is 25.8 Å². The van der Waals surface area contributed by atoms with Crippen LogP contribution in [0.15, 0.2) is 36.5 Å². The maximum Gasteiger partial charge on any atom is 0.272 e. The van der Waals surface area contributed by atoms with Crippen molar-refractivity contribution in [2.24, 2.45) is 0 Å². The van der Waals surface area contributed by atoms with E-state index in [2.05, 4.69) is 15.3 Å². The number of hydrogen-bond acceptors (Lipinski definition) is 4. The first-order valence-corrected chi connectivity index (χ1v) is 7.75. The number of halogens is 1. The Labute approximate surface area is 135 Å². The molecule has 1 amide bonds. The molecule has 1 N–H and O–H groups in total. The molecule has 5 nitrogen and oxygen atoms in total. The van der Waals surface area contributed by atoms with Gasteiger partial charge >= 0.3 is 0 Å². The fourth-order valence-corrected chi connectivity index (χ4v) is 2.25. The van der Waals surface area contributed by atoms with Crippen molar-refractivity contribution in [3.63, 3.8) is 0 Å². The zero-order valence-electron chi connectivity index (χ0n) is 13.4. The van der Waals surface area contributed by atoms with E-state index in [1.54, 1.807) is 35.4 Å². The van der Waals surface area contributed by atoms with Gasteiger partial charge in [-0.15, -0.1) is 0 Å². The van der Waals surface area contributed by atoms with Crippen LogP contribution < -0.4 is 5.32 Å². The highest BCUT2D eigenvalue weighted by molar-refractivity contribution is 5.92. The summed E-state index contributed by atoms with van der Waals surface area (Å²) in [7, 11) is 0. The second-order valence-corrected chi connectivity index (χ2v) is 5.01. The summed E-state index contributed by atoms with van der Waals surface area (Å²) >= 11 is 0. The third-order valence-corrected chi connectivity index (χ3v) is 3.56. The van der Waals surface area contributed by atoms with E-state index in [0.29, 0.717) is 43.3 Å². The summed E-state index contributed by atoms with van der Waals surface area (Å²) in [5.41, 5.74) is 0.993. The van der Waals surface area contributed by atoms with Crippen LogP contribution >= 0.6 is 0 Å². The van der Waals surface area contributed by atoms with Crippen molar-refractivity contribution in [2.75, 3.05) is 25.0 Å². The number of nitrogens with one attached hydrogen (secondary N) is 1. The molecule has 0 unspecified atom stereocenters. The lowest BCUT2D eigenvalue weighted by Gasteiger charge is -2.18. The molecular formula is C17H21FN4O. The fraction of sp³-hybridized carbons (Fsp3) is 0.353. The number of aromatic nitrogens is 2. The van der Waals surface area contributed by atoms with Crippen LogP contribution in [0.1, 0.15) is 29.9 Å². The van der Waals surface area contributed by atoms with Crippen LogP contribution in [-0.4, -0.2) is 40.4 Å². The van der Waals surface area contributed by atoms with Gasteiger partial charge in [0.1, 0.15) is 11.5 Å². The lowest BCUT2D eigenvalue weighted by molar-refractivity contribution is 0.0767. The Hall–Kier alpha value is -2.50. The zero-order valence-corrected chi connectivity index (χ0v) is 13.4. The van der Waals surface area contributed by atoms with E-state index in [0.717, 1.165) is 0 Å². The molecule has 1 aromatic carbocycles. The molecule has 0 aliphatic heterocycles. The summed E-state index contributed by atoms with van der Waals surface area (Å²) in [5.74, 6) is 0.0366. The summed E-state index contributed by atoms with van der Waals surface area (Å²) in [4.78, 5) is 22.3. The van der Waals surface area contributed by atoms with Gasteiger partial charge < -0.3 is 10.2 Å². The smallest absolute Gasteiger partial charge is 0.272 e. The largest absolute Gasteiger partial charge is 0.354 e. The van der Waals surface area contributed by atoms with E-state index >= 15 is 0 Å². The molecule has 0 radical (unpaired) electrons. The lowest BCUT2D eigenvalue weighted by atomic mass is 10.1. The van der Waals surface area contributed by atoms with E-state index in [4.69, 9.17) is 0 Å². The van der Waals surface area contributed by atoms with Crippen LogP contribution in [0, 0.1) is 5.82 Å². The van der Waals surface area contributed by atoms with Crippen LogP contribution in [-0.2, 0) is 6.42 Å². The molecule has 0 aliphatic rings. The van der Waals surface area contributed by atoms with E-state index in [1.165, 1.54) is 6.07 Å². The van der Waals surface area contributed by atoms with Gasteiger partial charge in [-0.1, -0.05) is 18.2 Å². The Bertz CT molecular complexity index is 659. The van der Waals surface area contributed by atoms with E-state index in [9.17, 15) is 9.18 Å². The van der Waals surface area contributed by atoms with Crippen LogP contribution in [0.4, 0.5) is 10.3 Å². The highest BCUT2D eigenvalue weighted by atomic mass is 19.1. The third-order valence-electron chi connectivity index (χ3n) is 3.56. The predicted molar refractivity (Wildman–Crippen MR) is 87.9 cm³/mol. The van der Waals surface area contributed by atoms with Crippen LogP contribution in [0.5, 0.6) is 0 Å². The number of hydrogen-bond donors (Lipinski definition) is 1. The number of rotatable bonds is 7. The van der Waals surface area contributed by atoms with Gasteiger partial charge in [-0.25, -0.2) is 14.4 Å². The van der Waals surface area contributed by atoms with E-state index < -0.39 is 0 Å². The molecule has 23 heavy (non-hydrogen) atoms. The molecule has 0 aliphatic carbocycles. The standard InChI is InChI=1S/C17H21FN4O/c1-3-22(4-2)16(23)15-10-12-20-17(21-15)19-11-9-13-7-5-6-8-14(13)18/h5-8,10,12H,3-4,9,11H2,1-2H3,(H,19,20,21). The molecule has 6 heteroatoms. The summed E-state index contributed by atoms with van der Waals surface area (Å²) in [6.45, 7) is 5.61. The molecule has 0 atom stereocenters. The average Bonchev–Trinajstić information content (AvgIpc) is 2.58. The Morgan fingerprint density at radius 2 is 1.96 bits per heavy atom. The van der Waals surface area contributed by atoms with Crippen molar-refractivity contribution in [1.29, 1.82) is 0 Å². The average molecular weight is 316 g/mol. The molecule has 0 spiro atoms. The predicted octanol–water partition coefficient (Wildman–Crippen LogP) is 2.75. The lowest BCUT2D eigenvalue weighted by Crippen LogP contribution is -2.31. The molecule has 2 rings (SSSR count). The molecule has 1 aromatic heterocycles. The van der Waals surface area contributed by atoms with Crippen LogP contribution in [0.2, 0.25) is 0 Å². The third kappa shape index (κ3) is 4.48. The maximum atomic E-state index is 13.5. The number of anilines is 1. The number of carbonyl (C=O) groups is 1. The molecule has 0 saturated heterocycles. The Morgan fingerprint density at radius 3 is 2.65 bits per heavy atom. The molecule has 0 fully saturated rings. The highest BCUT2D eigenvalue weighted by Crippen LogP contribution is 2.08. The minimum Gasteiger partial charge on any atom is -0.354 e. The van der Waals surface area contributed by atoms with Gasteiger partial charge in [-0.05, 0) is 38.0 Å². The quantitative estimate of drug-likeness (QED) is 0.853. The number of nitrogens with zero attached hydrogens (tertiary/aromatic N) is 3. The molecular weight excluding hydrogens is 295 g/mol. The van der Waals surface area contributed by atoms with Crippen LogP contribution in [0.25, 0.3) is 0 Å². The summed E-state index contributed by atoms with van der Waals surface area (Å²) < 4.78 is 13.5. The molecule has 0 bridgehead atoms. The normalized spacial score (nSPS) is 10.4. The Balaban J connectivity index is 1.98. The molecule has 2 aromatic rings. The van der Waals surface area contributed by atoms with E-state index in [1.807, 2.05) is 13.8 Å². The number of carbonyl (C=O) groups excluding carboxylic acids is 1. The summed E-state index contributed by atoms with van der Waals surface area (Å²) in [6, 6.07) is 8.26. The van der Waals surface area contributed by atoms with Crippen LogP contribution in [0.3, 0.4) is 0 Å². The van der Waals surface area contributed by atoms with Gasteiger partial charge in [-0.3, -0.25) is 4.79 Å². The second-order valence-electron chi connectivity index (χ2n) is 5.01. The topological polar surface area (TPSA) is 58.1 Å². The van der Waals surface area contributed by atoms with Crippen molar-refractivity contribution >= 4 is 11.9 Å². The van der Waals surface area contributed by atoms with E-state index in [-0.39, 0.29) is 11.7 Å². The maximum absolute atomic E-state index is 13.5. The van der Waals surface area contributed by atoms with Crippen molar-refractivity contribution < 1.29 is 9.18 Å². The minimum absolute atomic E-state index is 0.116. The second kappa shape index (κ2) is 8.22. The first-order chi connectivity index (χ1) is 11.2. The van der Waals surface area contributed by atoms with Gasteiger partial charge in [0.2, 0.25) is 5.95 Å². The van der Waals surface area contributed by atoms with Gasteiger partial charge in [0.25, 0.3) is 5.91 Å². The van der Waals surface area contributed by atoms with Crippen molar-refractivity contribution in [3.05, 3.63) is 53.6 Å². The van der Waals surface area contributed by atoms with Gasteiger partial charge in [0.05, 0.1) is 0 Å². The summed E-state index contributed by atoms with van der Waals surface area (Å²) in [5, 5.41) is 3.03. The number of benzene rings is 1. The van der Waals surface area contributed by atoms with Gasteiger partial charge in [0.15, 0.2) is 0 Å². The van der Waals surface area contributed by atoms with Gasteiger partial charge in [-0.2, -0.15) is 0 Å². The fourth-order valence-electron chi connectivity index (χ4n) is 2.25. The monoisotopic (exact) mass is 316 g/mol. The number of amides is 1. The molecule has 1 heterocycles. The highest BCUT2D eigenvalue weighted by Gasteiger charge is 2.14. The Kier molecular flexibility index (Phi) is 6.02. The molecule has 122 valence electrons. The first-order valence-electron chi connectivity index (χ1n) is 7.75.